The van der Waals surface area contributed by atoms with Crippen LogP contribution in [0.1, 0.15) is 27.2 Å². The van der Waals surface area contributed by atoms with Crippen molar-refractivity contribution in [2.45, 2.75) is 38.1 Å². The first-order valence-corrected chi connectivity index (χ1v) is 8.28. The summed E-state index contributed by atoms with van der Waals surface area (Å²) >= 11 is 0. The van der Waals surface area contributed by atoms with E-state index in [-0.39, 0.29) is 16.7 Å². The van der Waals surface area contributed by atoms with E-state index >= 15 is 0 Å². The number of carbonyl (C=O) groups excluding carboxylic acids is 1. The number of aliphatic carboxylic acids is 1. The van der Waals surface area contributed by atoms with Crippen molar-refractivity contribution >= 4 is 27.6 Å². The van der Waals surface area contributed by atoms with Crippen LogP contribution in [0, 0.1) is 5.92 Å². The molecule has 1 amide bonds. The van der Waals surface area contributed by atoms with Gasteiger partial charge in [-0.2, -0.15) is 4.72 Å². The Morgan fingerprint density at radius 1 is 1.23 bits per heavy atom. The first-order chi connectivity index (χ1) is 10.2. The van der Waals surface area contributed by atoms with E-state index in [4.69, 9.17) is 5.11 Å². The van der Waals surface area contributed by atoms with Crippen LogP contribution >= 0.6 is 0 Å². The highest BCUT2D eigenvalue weighted by atomic mass is 32.2. The summed E-state index contributed by atoms with van der Waals surface area (Å²) in [7, 11) is -3.95. The molecule has 7 nitrogen and oxygen atoms in total. The number of amides is 1. The molecule has 2 atom stereocenters. The minimum absolute atomic E-state index is 0.0591. The van der Waals surface area contributed by atoms with Gasteiger partial charge >= 0.3 is 5.97 Å². The first kappa shape index (κ1) is 18.1. The van der Waals surface area contributed by atoms with Crippen molar-refractivity contribution in [2.24, 2.45) is 5.92 Å². The lowest BCUT2D eigenvalue weighted by molar-refractivity contribution is -0.140. The summed E-state index contributed by atoms with van der Waals surface area (Å²) in [4.78, 5) is 22.1. The molecule has 0 aliphatic heterocycles. The summed E-state index contributed by atoms with van der Waals surface area (Å²) in [5.74, 6) is -1.82. The molecule has 0 bridgehead atoms. The Morgan fingerprint density at radius 2 is 1.77 bits per heavy atom. The number of carbonyl (C=O) groups is 2. The van der Waals surface area contributed by atoms with E-state index in [9.17, 15) is 18.0 Å². The Labute approximate surface area is 129 Å². The van der Waals surface area contributed by atoms with Crippen LogP contribution in [0.5, 0.6) is 0 Å². The van der Waals surface area contributed by atoms with Gasteiger partial charge in [-0.3, -0.25) is 9.59 Å². The van der Waals surface area contributed by atoms with Gasteiger partial charge in [0.25, 0.3) is 0 Å². The second-order valence-electron chi connectivity index (χ2n) is 5.03. The van der Waals surface area contributed by atoms with E-state index < -0.39 is 22.0 Å². The van der Waals surface area contributed by atoms with Crippen molar-refractivity contribution in [3.8, 4) is 0 Å². The molecule has 22 heavy (non-hydrogen) atoms. The predicted octanol–water partition coefficient (Wildman–Crippen LogP) is 1.42. The second kappa shape index (κ2) is 7.37. The molecule has 1 rings (SSSR count). The molecule has 122 valence electrons. The van der Waals surface area contributed by atoms with Gasteiger partial charge in [0.05, 0.1) is 4.90 Å². The number of rotatable bonds is 7. The fourth-order valence-electron chi connectivity index (χ4n) is 1.80. The fraction of sp³-hybridized carbons (Fsp3) is 0.429. The van der Waals surface area contributed by atoms with Crippen molar-refractivity contribution < 1.29 is 23.1 Å². The molecule has 8 heteroatoms. The number of nitrogens with one attached hydrogen (secondary N) is 2. The van der Waals surface area contributed by atoms with Crippen LogP contribution in [-0.4, -0.2) is 31.4 Å². The van der Waals surface area contributed by atoms with E-state index in [1.165, 1.54) is 31.2 Å². The van der Waals surface area contributed by atoms with Gasteiger partial charge in [0.2, 0.25) is 15.9 Å². The van der Waals surface area contributed by atoms with E-state index in [2.05, 4.69) is 10.0 Å². The zero-order chi connectivity index (χ0) is 16.9. The summed E-state index contributed by atoms with van der Waals surface area (Å²) in [6.45, 7) is 4.80. The summed E-state index contributed by atoms with van der Waals surface area (Å²) < 4.78 is 26.7. The Bertz CT molecular complexity index is 640. The number of hydrogen-bond donors (Lipinski definition) is 3. The van der Waals surface area contributed by atoms with Gasteiger partial charge in [-0.1, -0.05) is 20.3 Å². The predicted molar refractivity (Wildman–Crippen MR) is 81.9 cm³/mol. The summed E-state index contributed by atoms with van der Waals surface area (Å²) in [6.07, 6.45) is 0.529. The largest absolute Gasteiger partial charge is 0.480 e. The molecule has 0 saturated carbocycles. The number of carboxylic acid groups (broad SMARTS) is 1. The quantitative estimate of drug-likeness (QED) is 0.701. The smallest absolute Gasteiger partial charge is 0.322 e. The van der Waals surface area contributed by atoms with Crippen molar-refractivity contribution in [1.82, 2.24) is 4.72 Å². The van der Waals surface area contributed by atoms with Gasteiger partial charge in [0, 0.05) is 12.6 Å². The topological polar surface area (TPSA) is 113 Å². The molecule has 0 aliphatic rings. The molecule has 0 unspecified atom stereocenters. The summed E-state index contributed by atoms with van der Waals surface area (Å²) in [5, 5.41) is 11.7. The third-order valence-corrected chi connectivity index (χ3v) is 4.70. The standard InChI is InChI=1S/C14H20N2O5S/c1-4-9(2)13(14(18)19)16-22(20,21)12-7-5-11(6-8-12)15-10(3)17/h5-9,13,16H,4H2,1-3H3,(H,15,17)(H,18,19)/t9-,13-/m0/s1. The minimum Gasteiger partial charge on any atom is -0.480 e. The van der Waals surface area contributed by atoms with Crippen LogP contribution in [0.4, 0.5) is 5.69 Å². The Balaban J connectivity index is 2.98. The van der Waals surface area contributed by atoms with E-state index in [1.807, 2.05) is 0 Å². The van der Waals surface area contributed by atoms with Crippen LogP contribution in [0.2, 0.25) is 0 Å². The molecule has 1 aromatic carbocycles. The lowest BCUT2D eigenvalue weighted by atomic mass is 10.0. The van der Waals surface area contributed by atoms with Gasteiger partial charge < -0.3 is 10.4 Å². The zero-order valence-corrected chi connectivity index (χ0v) is 13.5. The second-order valence-corrected chi connectivity index (χ2v) is 6.74. The molecule has 0 radical (unpaired) electrons. The van der Waals surface area contributed by atoms with Crippen molar-refractivity contribution in [3.63, 3.8) is 0 Å². The van der Waals surface area contributed by atoms with Gasteiger partial charge in [-0.25, -0.2) is 8.42 Å². The minimum atomic E-state index is -3.95. The molecular weight excluding hydrogens is 308 g/mol. The summed E-state index contributed by atoms with van der Waals surface area (Å²) in [6, 6.07) is 4.31. The Kier molecular flexibility index (Phi) is 6.07. The van der Waals surface area contributed by atoms with Crippen molar-refractivity contribution in [1.29, 1.82) is 0 Å². The zero-order valence-electron chi connectivity index (χ0n) is 12.7. The molecule has 0 fully saturated rings. The van der Waals surface area contributed by atoms with Crippen molar-refractivity contribution in [3.05, 3.63) is 24.3 Å². The molecule has 3 N–H and O–H groups in total. The number of hydrogen-bond acceptors (Lipinski definition) is 4. The maximum Gasteiger partial charge on any atom is 0.322 e. The molecule has 0 aliphatic carbocycles. The third kappa shape index (κ3) is 4.81. The number of sulfonamides is 1. The number of carboxylic acids is 1. The van der Waals surface area contributed by atoms with Gasteiger partial charge in [-0.15, -0.1) is 0 Å². The molecule has 0 heterocycles. The number of benzene rings is 1. The monoisotopic (exact) mass is 328 g/mol. The molecule has 0 spiro atoms. The van der Waals surface area contributed by atoms with E-state index in [1.54, 1.807) is 13.8 Å². The molecular formula is C14H20N2O5S. The normalized spacial score (nSPS) is 14.1. The van der Waals surface area contributed by atoms with Crippen LogP contribution < -0.4 is 10.0 Å². The van der Waals surface area contributed by atoms with Crippen LogP contribution in [0.3, 0.4) is 0 Å². The van der Waals surface area contributed by atoms with Crippen LogP contribution in [0.15, 0.2) is 29.2 Å². The fourth-order valence-corrected chi connectivity index (χ4v) is 3.10. The maximum absolute atomic E-state index is 12.2. The molecule has 1 aromatic rings. The maximum atomic E-state index is 12.2. The highest BCUT2D eigenvalue weighted by molar-refractivity contribution is 7.89. The lowest BCUT2D eigenvalue weighted by Gasteiger charge is -2.20. The molecule has 0 aromatic heterocycles. The van der Waals surface area contributed by atoms with Gasteiger partial charge in [0.1, 0.15) is 6.04 Å². The van der Waals surface area contributed by atoms with Gasteiger partial charge in [0.15, 0.2) is 0 Å². The average Bonchev–Trinajstić information content (AvgIpc) is 2.43. The van der Waals surface area contributed by atoms with Crippen LogP contribution in [0.25, 0.3) is 0 Å². The first-order valence-electron chi connectivity index (χ1n) is 6.80. The highest BCUT2D eigenvalue weighted by Crippen LogP contribution is 2.16. The average molecular weight is 328 g/mol. The van der Waals surface area contributed by atoms with E-state index in [0.717, 1.165) is 0 Å². The molecule has 0 saturated heterocycles. The Morgan fingerprint density at radius 3 is 2.18 bits per heavy atom. The van der Waals surface area contributed by atoms with E-state index in [0.29, 0.717) is 12.1 Å². The lowest BCUT2D eigenvalue weighted by Crippen LogP contribution is -2.44. The van der Waals surface area contributed by atoms with Crippen LogP contribution in [-0.2, 0) is 19.6 Å². The van der Waals surface area contributed by atoms with Gasteiger partial charge in [-0.05, 0) is 30.2 Å². The SMILES string of the molecule is CC[C@H](C)[C@H](NS(=O)(=O)c1ccc(NC(C)=O)cc1)C(=O)O. The van der Waals surface area contributed by atoms with Crippen molar-refractivity contribution in [2.75, 3.05) is 5.32 Å². The summed E-state index contributed by atoms with van der Waals surface area (Å²) in [5.41, 5.74) is 0.461. The Hall–Kier alpha value is -1.93. The number of anilines is 1. The third-order valence-electron chi connectivity index (χ3n) is 3.25. The highest BCUT2D eigenvalue weighted by Gasteiger charge is 2.29.